The molecule has 1 rings (SSSR count). The summed E-state index contributed by atoms with van der Waals surface area (Å²) in [7, 11) is 0. The number of carbonyl (C=O) groups is 1. The van der Waals surface area contributed by atoms with Crippen molar-refractivity contribution in [2.24, 2.45) is 5.92 Å². The first kappa shape index (κ1) is 7.30. The van der Waals surface area contributed by atoms with E-state index in [-0.39, 0.29) is 11.7 Å². The minimum Gasteiger partial charge on any atom is -0.316 e. The van der Waals surface area contributed by atoms with Crippen LogP contribution in [-0.4, -0.2) is 18.9 Å². The van der Waals surface area contributed by atoms with Crippen LogP contribution in [-0.2, 0) is 4.79 Å². The van der Waals surface area contributed by atoms with Crippen LogP contribution in [0.25, 0.3) is 0 Å². The highest BCUT2D eigenvalue weighted by atomic mass is 16.1. The summed E-state index contributed by atoms with van der Waals surface area (Å²) in [6, 6.07) is 0. The third-order valence-corrected chi connectivity index (χ3v) is 1.81. The van der Waals surface area contributed by atoms with E-state index in [1.165, 1.54) is 0 Å². The molecule has 0 aromatic carbocycles. The summed E-state index contributed by atoms with van der Waals surface area (Å²) >= 11 is 0. The van der Waals surface area contributed by atoms with Gasteiger partial charge in [-0.1, -0.05) is 0 Å². The van der Waals surface area contributed by atoms with Gasteiger partial charge in [0, 0.05) is 12.5 Å². The van der Waals surface area contributed by atoms with E-state index >= 15 is 0 Å². The zero-order valence-corrected chi connectivity index (χ0v) is 5.89. The molecule has 1 fully saturated rings. The number of terminal acetylenes is 1. The van der Waals surface area contributed by atoms with Crippen molar-refractivity contribution in [1.29, 1.82) is 0 Å². The predicted molar refractivity (Wildman–Crippen MR) is 39.4 cm³/mol. The molecule has 0 aromatic rings. The van der Waals surface area contributed by atoms with E-state index in [2.05, 4.69) is 11.2 Å². The summed E-state index contributed by atoms with van der Waals surface area (Å²) in [6.45, 7) is 1.79. The van der Waals surface area contributed by atoms with Crippen molar-refractivity contribution in [1.82, 2.24) is 5.32 Å². The number of nitrogens with one attached hydrogen (secondary N) is 1. The van der Waals surface area contributed by atoms with Gasteiger partial charge in [0.2, 0.25) is 5.78 Å². The lowest BCUT2D eigenvalue weighted by Crippen LogP contribution is -2.33. The Balaban J connectivity index is 2.40. The molecular weight excluding hydrogens is 126 g/mol. The van der Waals surface area contributed by atoms with Crippen molar-refractivity contribution >= 4 is 5.78 Å². The quantitative estimate of drug-likeness (QED) is 0.413. The van der Waals surface area contributed by atoms with Crippen LogP contribution in [0, 0.1) is 18.3 Å². The molecule has 1 saturated heterocycles. The molecule has 0 bridgehead atoms. The summed E-state index contributed by atoms with van der Waals surface area (Å²) in [5.41, 5.74) is 0. The Morgan fingerprint density at radius 3 is 3.00 bits per heavy atom. The summed E-state index contributed by atoms with van der Waals surface area (Å²) in [5.74, 6) is 2.19. The molecule has 0 amide bonds. The Morgan fingerprint density at radius 1 is 1.70 bits per heavy atom. The average Bonchev–Trinajstić information content (AvgIpc) is 2.05. The molecule has 0 aliphatic carbocycles. The monoisotopic (exact) mass is 137 g/mol. The molecule has 2 nitrogen and oxygen atoms in total. The molecule has 2 heteroatoms. The third kappa shape index (κ3) is 1.58. The van der Waals surface area contributed by atoms with Crippen molar-refractivity contribution in [2.75, 3.05) is 13.1 Å². The van der Waals surface area contributed by atoms with E-state index in [0.717, 1.165) is 25.9 Å². The highest BCUT2D eigenvalue weighted by Gasteiger charge is 2.18. The summed E-state index contributed by atoms with van der Waals surface area (Å²) in [4.78, 5) is 10.9. The van der Waals surface area contributed by atoms with Crippen LogP contribution in [0.5, 0.6) is 0 Å². The molecule has 0 saturated carbocycles. The summed E-state index contributed by atoms with van der Waals surface area (Å²) in [6.07, 6.45) is 7.00. The van der Waals surface area contributed by atoms with E-state index in [4.69, 9.17) is 6.42 Å². The van der Waals surface area contributed by atoms with Gasteiger partial charge in [-0.15, -0.1) is 6.42 Å². The Kier molecular flexibility index (Phi) is 2.47. The Bertz CT molecular complexity index is 163. The first-order chi connectivity index (χ1) is 4.84. The van der Waals surface area contributed by atoms with E-state index in [1.54, 1.807) is 0 Å². The normalized spacial score (nSPS) is 25.3. The van der Waals surface area contributed by atoms with Crippen LogP contribution in [0.3, 0.4) is 0 Å². The Hall–Kier alpha value is -0.810. The molecule has 54 valence electrons. The summed E-state index contributed by atoms with van der Waals surface area (Å²) < 4.78 is 0. The number of rotatable bonds is 1. The van der Waals surface area contributed by atoms with Crippen LogP contribution in [0.2, 0.25) is 0 Å². The fourth-order valence-corrected chi connectivity index (χ4v) is 1.19. The Labute approximate surface area is 61.0 Å². The number of hydrogen-bond acceptors (Lipinski definition) is 2. The molecule has 1 unspecified atom stereocenters. The minimum absolute atomic E-state index is 0.0489. The topological polar surface area (TPSA) is 29.1 Å². The summed E-state index contributed by atoms with van der Waals surface area (Å²) in [5, 5.41) is 3.13. The first-order valence-electron chi connectivity index (χ1n) is 3.56. The van der Waals surface area contributed by atoms with E-state index < -0.39 is 0 Å². The molecule has 1 aliphatic heterocycles. The van der Waals surface area contributed by atoms with Crippen LogP contribution < -0.4 is 5.32 Å². The lowest BCUT2D eigenvalue weighted by Gasteiger charge is -2.18. The molecule has 1 aliphatic rings. The molecule has 0 radical (unpaired) electrons. The zero-order chi connectivity index (χ0) is 7.40. The third-order valence-electron chi connectivity index (χ3n) is 1.81. The minimum atomic E-state index is -0.0489. The van der Waals surface area contributed by atoms with Gasteiger partial charge >= 0.3 is 0 Å². The number of piperidine rings is 1. The molecule has 10 heavy (non-hydrogen) atoms. The molecule has 1 heterocycles. The van der Waals surface area contributed by atoms with E-state index in [9.17, 15) is 4.79 Å². The van der Waals surface area contributed by atoms with Gasteiger partial charge in [-0.25, -0.2) is 0 Å². The van der Waals surface area contributed by atoms with Gasteiger partial charge in [0.15, 0.2) is 0 Å². The number of ketones is 1. The maximum atomic E-state index is 10.9. The average molecular weight is 137 g/mol. The van der Waals surface area contributed by atoms with Crippen molar-refractivity contribution < 1.29 is 4.79 Å². The van der Waals surface area contributed by atoms with Crippen LogP contribution in [0.4, 0.5) is 0 Å². The largest absolute Gasteiger partial charge is 0.316 e. The van der Waals surface area contributed by atoms with Crippen molar-refractivity contribution in [3.8, 4) is 12.3 Å². The fourth-order valence-electron chi connectivity index (χ4n) is 1.19. The molecule has 0 aromatic heterocycles. The number of carbonyl (C=O) groups excluding carboxylic acids is 1. The standard InChI is InChI=1S/C8H11NO/c1-2-8(10)7-4-3-5-9-6-7/h1,7,9H,3-6H2. The molecule has 1 N–H and O–H groups in total. The second-order valence-electron chi connectivity index (χ2n) is 2.55. The van der Waals surface area contributed by atoms with Gasteiger partial charge in [-0.3, -0.25) is 4.79 Å². The molecular formula is C8H11NO. The number of hydrogen-bond donors (Lipinski definition) is 1. The predicted octanol–water partition coefficient (Wildman–Crippen LogP) is 0.188. The maximum Gasteiger partial charge on any atom is 0.209 e. The first-order valence-corrected chi connectivity index (χ1v) is 3.56. The van der Waals surface area contributed by atoms with E-state index in [0.29, 0.717) is 0 Å². The SMILES string of the molecule is C#CC(=O)C1CCCNC1. The second kappa shape index (κ2) is 3.38. The second-order valence-corrected chi connectivity index (χ2v) is 2.55. The Morgan fingerprint density at radius 2 is 2.50 bits per heavy atom. The van der Waals surface area contributed by atoms with E-state index in [1.807, 2.05) is 0 Å². The fraction of sp³-hybridized carbons (Fsp3) is 0.625. The lowest BCUT2D eigenvalue weighted by molar-refractivity contribution is -0.117. The molecule has 1 atom stereocenters. The van der Waals surface area contributed by atoms with Gasteiger partial charge in [-0.05, 0) is 25.3 Å². The van der Waals surface area contributed by atoms with Gasteiger partial charge in [-0.2, -0.15) is 0 Å². The van der Waals surface area contributed by atoms with Crippen LogP contribution in [0.15, 0.2) is 0 Å². The zero-order valence-electron chi connectivity index (χ0n) is 5.89. The highest BCUT2D eigenvalue weighted by molar-refractivity contribution is 5.96. The van der Waals surface area contributed by atoms with Gasteiger partial charge < -0.3 is 5.32 Å². The smallest absolute Gasteiger partial charge is 0.209 e. The van der Waals surface area contributed by atoms with Gasteiger partial charge in [0.05, 0.1) is 0 Å². The van der Waals surface area contributed by atoms with Crippen molar-refractivity contribution in [3.05, 3.63) is 0 Å². The lowest BCUT2D eigenvalue weighted by atomic mass is 9.96. The highest BCUT2D eigenvalue weighted by Crippen LogP contribution is 2.09. The molecule has 0 spiro atoms. The number of Topliss-reactive ketones (excluding diaryl/α,β-unsaturated/α-hetero) is 1. The van der Waals surface area contributed by atoms with Crippen LogP contribution >= 0.6 is 0 Å². The van der Waals surface area contributed by atoms with Crippen molar-refractivity contribution in [2.45, 2.75) is 12.8 Å². The maximum absolute atomic E-state index is 10.9. The van der Waals surface area contributed by atoms with Gasteiger partial charge in [0.1, 0.15) is 0 Å². The van der Waals surface area contributed by atoms with Crippen LogP contribution in [0.1, 0.15) is 12.8 Å². The van der Waals surface area contributed by atoms with Crippen molar-refractivity contribution in [3.63, 3.8) is 0 Å². The van der Waals surface area contributed by atoms with Gasteiger partial charge in [0.25, 0.3) is 0 Å².